The predicted molar refractivity (Wildman–Crippen MR) is 122 cm³/mol. The summed E-state index contributed by atoms with van der Waals surface area (Å²) in [5, 5.41) is 3.45. The van der Waals surface area contributed by atoms with E-state index >= 15 is 0 Å². The van der Waals surface area contributed by atoms with Crippen molar-refractivity contribution < 1.29 is 0 Å². The number of hydrogen-bond donors (Lipinski definition) is 0. The van der Waals surface area contributed by atoms with E-state index in [2.05, 4.69) is 69.5 Å². The van der Waals surface area contributed by atoms with Crippen molar-refractivity contribution in [3.63, 3.8) is 0 Å². The van der Waals surface area contributed by atoms with Crippen LogP contribution >= 0.6 is 11.3 Å². The van der Waals surface area contributed by atoms with Gasteiger partial charge in [0.1, 0.15) is 17.0 Å². The molecule has 0 radical (unpaired) electrons. The molecular weight excluding hydrogens is 378 g/mol. The molecule has 0 saturated carbocycles. The molecule has 0 N–H and O–H groups in total. The highest BCUT2D eigenvalue weighted by atomic mass is 32.1. The van der Waals surface area contributed by atoms with Crippen LogP contribution in [0.2, 0.25) is 0 Å². The average molecular weight is 408 g/mol. The van der Waals surface area contributed by atoms with E-state index in [1.807, 2.05) is 0 Å². The minimum absolute atomic E-state index is 0.677. The van der Waals surface area contributed by atoms with Crippen molar-refractivity contribution in [2.45, 2.75) is 31.3 Å². The number of nitrogens with zero attached hydrogens (tertiary/aromatic N) is 5. The zero-order valence-corrected chi connectivity index (χ0v) is 18.1. The number of piperidine rings is 1. The smallest absolute Gasteiger partial charge is 0.141 e. The normalized spacial score (nSPS) is 21.5. The molecule has 5 rings (SSSR count). The van der Waals surface area contributed by atoms with E-state index in [-0.39, 0.29) is 0 Å². The minimum Gasteiger partial charge on any atom is -0.356 e. The topological polar surface area (TPSA) is 35.5 Å². The highest BCUT2D eigenvalue weighted by Crippen LogP contribution is 2.38. The number of likely N-dealkylation sites (N-methyl/N-ethyl adjacent to an activating group) is 2. The fourth-order valence-electron chi connectivity index (χ4n) is 4.96. The molecule has 152 valence electrons. The quantitative estimate of drug-likeness (QED) is 0.654. The van der Waals surface area contributed by atoms with Crippen LogP contribution in [0.15, 0.2) is 42.0 Å². The molecule has 1 unspecified atom stereocenters. The summed E-state index contributed by atoms with van der Waals surface area (Å²) in [4.78, 5) is 18.0. The third kappa shape index (κ3) is 3.65. The van der Waals surface area contributed by atoms with Crippen LogP contribution in [0.1, 0.15) is 19.3 Å². The van der Waals surface area contributed by atoms with E-state index in [9.17, 15) is 0 Å². The van der Waals surface area contributed by atoms with Crippen LogP contribution in [-0.2, 0) is 0 Å². The molecule has 2 aromatic heterocycles. The maximum absolute atomic E-state index is 4.75. The summed E-state index contributed by atoms with van der Waals surface area (Å²) in [6.07, 6.45) is 5.44. The summed E-state index contributed by atoms with van der Waals surface area (Å²) < 4.78 is 0. The SMILES string of the molecule is CN1CCC(N(C)C2CCN(c3ncnc4scc(-c5ccccc5)c34)CC2)C1. The molecule has 2 aliphatic rings. The van der Waals surface area contributed by atoms with E-state index in [4.69, 9.17) is 4.98 Å². The van der Waals surface area contributed by atoms with Crippen molar-refractivity contribution in [1.82, 2.24) is 19.8 Å². The van der Waals surface area contributed by atoms with Gasteiger partial charge in [0, 0.05) is 42.7 Å². The summed E-state index contributed by atoms with van der Waals surface area (Å²) in [5.41, 5.74) is 2.50. The zero-order chi connectivity index (χ0) is 19.8. The van der Waals surface area contributed by atoms with Gasteiger partial charge < -0.3 is 9.80 Å². The zero-order valence-electron chi connectivity index (χ0n) is 17.3. The van der Waals surface area contributed by atoms with Crippen LogP contribution in [0, 0.1) is 0 Å². The number of aromatic nitrogens is 2. The van der Waals surface area contributed by atoms with Gasteiger partial charge in [-0.1, -0.05) is 30.3 Å². The first-order valence-corrected chi connectivity index (χ1v) is 11.5. The van der Waals surface area contributed by atoms with Gasteiger partial charge in [-0.15, -0.1) is 11.3 Å². The lowest BCUT2D eigenvalue weighted by atomic mass is 10.0. The van der Waals surface area contributed by atoms with Gasteiger partial charge >= 0.3 is 0 Å². The molecule has 1 atom stereocenters. The summed E-state index contributed by atoms with van der Waals surface area (Å²) in [6.45, 7) is 4.56. The van der Waals surface area contributed by atoms with Gasteiger partial charge in [-0.05, 0) is 45.5 Å². The Labute approximate surface area is 177 Å². The van der Waals surface area contributed by atoms with E-state index < -0.39 is 0 Å². The fraction of sp³-hybridized carbons (Fsp3) is 0.478. The molecule has 0 spiro atoms. The highest BCUT2D eigenvalue weighted by molar-refractivity contribution is 7.17. The minimum atomic E-state index is 0.677. The first-order chi connectivity index (χ1) is 14.2. The number of rotatable bonds is 4. The third-order valence-electron chi connectivity index (χ3n) is 6.72. The number of thiophene rings is 1. The summed E-state index contributed by atoms with van der Waals surface area (Å²) in [7, 11) is 4.57. The Bertz CT molecular complexity index is 964. The van der Waals surface area contributed by atoms with Gasteiger partial charge in [-0.3, -0.25) is 4.90 Å². The molecule has 6 heteroatoms. The molecular formula is C23H29N5S. The lowest BCUT2D eigenvalue weighted by Crippen LogP contribution is -2.48. The van der Waals surface area contributed by atoms with Crippen LogP contribution in [0.3, 0.4) is 0 Å². The lowest BCUT2D eigenvalue weighted by molar-refractivity contribution is 0.151. The number of benzene rings is 1. The van der Waals surface area contributed by atoms with Crippen molar-refractivity contribution in [3.8, 4) is 11.1 Å². The maximum atomic E-state index is 4.75. The lowest BCUT2D eigenvalue weighted by Gasteiger charge is -2.40. The second-order valence-electron chi connectivity index (χ2n) is 8.48. The monoisotopic (exact) mass is 407 g/mol. The molecule has 0 bridgehead atoms. The summed E-state index contributed by atoms with van der Waals surface area (Å²) in [6, 6.07) is 12.0. The standard InChI is InChI=1S/C23H29N5S/c1-26-11-8-19(14-26)27(2)18-9-12-28(13-10-18)22-21-20(17-6-4-3-5-7-17)15-29-23(21)25-16-24-22/h3-7,15-16,18-19H,8-14H2,1-2H3. The Morgan fingerprint density at radius 3 is 2.48 bits per heavy atom. The molecule has 2 saturated heterocycles. The van der Waals surface area contributed by atoms with Crippen molar-refractivity contribution >= 4 is 27.4 Å². The Morgan fingerprint density at radius 1 is 1.00 bits per heavy atom. The second kappa shape index (κ2) is 8.01. The Hall–Kier alpha value is -2.02. The molecule has 2 fully saturated rings. The second-order valence-corrected chi connectivity index (χ2v) is 9.34. The highest BCUT2D eigenvalue weighted by Gasteiger charge is 2.31. The summed E-state index contributed by atoms with van der Waals surface area (Å²) in [5.74, 6) is 1.11. The fourth-order valence-corrected chi connectivity index (χ4v) is 5.87. The first-order valence-electron chi connectivity index (χ1n) is 10.6. The number of hydrogen-bond acceptors (Lipinski definition) is 6. The molecule has 0 amide bonds. The van der Waals surface area contributed by atoms with Gasteiger partial charge in [0.25, 0.3) is 0 Å². The van der Waals surface area contributed by atoms with Crippen molar-refractivity contribution in [3.05, 3.63) is 42.0 Å². The molecule has 0 aliphatic carbocycles. The summed E-state index contributed by atoms with van der Waals surface area (Å²) >= 11 is 1.72. The van der Waals surface area contributed by atoms with Crippen molar-refractivity contribution in [1.29, 1.82) is 0 Å². The molecule has 3 aromatic rings. The van der Waals surface area contributed by atoms with E-state index in [0.29, 0.717) is 12.1 Å². The van der Waals surface area contributed by atoms with E-state index in [1.54, 1.807) is 17.7 Å². The molecule has 29 heavy (non-hydrogen) atoms. The van der Waals surface area contributed by atoms with Crippen LogP contribution < -0.4 is 4.90 Å². The molecule has 2 aliphatic heterocycles. The van der Waals surface area contributed by atoms with Crippen LogP contribution in [-0.4, -0.2) is 72.1 Å². The Balaban J connectivity index is 1.36. The Morgan fingerprint density at radius 2 is 1.76 bits per heavy atom. The average Bonchev–Trinajstić information content (AvgIpc) is 3.40. The van der Waals surface area contributed by atoms with E-state index in [1.165, 1.54) is 48.9 Å². The number of fused-ring (bicyclic) bond motifs is 1. The molecule has 4 heterocycles. The number of anilines is 1. The Kier molecular flexibility index (Phi) is 5.24. The largest absolute Gasteiger partial charge is 0.356 e. The maximum Gasteiger partial charge on any atom is 0.141 e. The number of likely N-dealkylation sites (tertiary alicyclic amines) is 1. The van der Waals surface area contributed by atoms with Crippen molar-refractivity contribution in [2.75, 3.05) is 45.2 Å². The van der Waals surface area contributed by atoms with Gasteiger partial charge in [0.05, 0.1) is 5.39 Å². The molecule has 5 nitrogen and oxygen atoms in total. The van der Waals surface area contributed by atoms with Crippen LogP contribution in [0.5, 0.6) is 0 Å². The van der Waals surface area contributed by atoms with Gasteiger partial charge in [0.15, 0.2) is 0 Å². The van der Waals surface area contributed by atoms with E-state index in [0.717, 1.165) is 23.7 Å². The van der Waals surface area contributed by atoms with Crippen LogP contribution in [0.4, 0.5) is 5.82 Å². The van der Waals surface area contributed by atoms with Crippen LogP contribution in [0.25, 0.3) is 21.3 Å². The first kappa shape index (κ1) is 19.0. The van der Waals surface area contributed by atoms with Gasteiger partial charge in [0.2, 0.25) is 0 Å². The van der Waals surface area contributed by atoms with Crippen molar-refractivity contribution in [2.24, 2.45) is 0 Å². The predicted octanol–water partition coefficient (Wildman–Crippen LogP) is 3.96. The molecule has 1 aromatic carbocycles. The van der Waals surface area contributed by atoms with Gasteiger partial charge in [-0.25, -0.2) is 9.97 Å². The van der Waals surface area contributed by atoms with Gasteiger partial charge in [-0.2, -0.15) is 0 Å². The third-order valence-corrected chi connectivity index (χ3v) is 7.60.